The maximum Gasteiger partial charge on any atom is 0.242 e. The fourth-order valence-electron chi connectivity index (χ4n) is 2.09. The predicted molar refractivity (Wildman–Crippen MR) is 85.6 cm³/mol. The summed E-state index contributed by atoms with van der Waals surface area (Å²) in [7, 11) is 1.57. The van der Waals surface area contributed by atoms with Crippen LogP contribution in [0.3, 0.4) is 0 Å². The molecule has 0 aliphatic rings. The molecule has 21 heavy (non-hydrogen) atoms. The minimum absolute atomic E-state index is 0.440. The number of methoxy groups -OCH3 is 1. The second kappa shape index (κ2) is 7.47. The molecule has 0 spiro atoms. The minimum Gasteiger partial charge on any atom is -0.479 e. The van der Waals surface area contributed by atoms with Crippen molar-refractivity contribution in [2.24, 2.45) is 0 Å². The summed E-state index contributed by atoms with van der Waals surface area (Å²) in [5.74, 6) is 1.85. The smallest absolute Gasteiger partial charge is 0.242 e. The Morgan fingerprint density at radius 3 is 2.57 bits per heavy atom. The SMILES string of the molecule is CCCc1nc(NCCc2ccccc2)c(N)c(OC)n1. The van der Waals surface area contributed by atoms with Crippen LogP contribution in [0.4, 0.5) is 11.5 Å². The van der Waals surface area contributed by atoms with Crippen LogP contribution >= 0.6 is 0 Å². The highest BCUT2D eigenvalue weighted by Gasteiger charge is 2.11. The van der Waals surface area contributed by atoms with Gasteiger partial charge < -0.3 is 15.8 Å². The average Bonchev–Trinajstić information content (AvgIpc) is 2.51. The van der Waals surface area contributed by atoms with E-state index >= 15 is 0 Å². The van der Waals surface area contributed by atoms with E-state index in [4.69, 9.17) is 10.5 Å². The quantitative estimate of drug-likeness (QED) is 0.818. The maximum atomic E-state index is 6.03. The van der Waals surface area contributed by atoms with E-state index in [1.54, 1.807) is 7.11 Å². The van der Waals surface area contributed by atoms with Crippen molar-refractivity contribution < 1.29 is 4.74 Å². The van der Waals surface area contributed by atoms with Crippen molar-refractivity contribution >= 4 is 11.5 Å². The number of hydrogen-bond donors (Lipinski definition) is 2. The Balaban J connectivity index is 2.06. The van der Waals surface area contributed by atoms with Gasteiger partial charge >= 0.3 is 0 Å². The van der Waals surface area contributed by atoms with Crippen LogP contribution in [0.5, 0.6) is 5.88 Å². The van der Waals surface area contributed by atoms with Crippen LogP contribution in [0.2, 0.25) is 0 Å². The monoisotopic (exact) mass is 286 g/mol. The molecule has 0 fully saturated rings. The summed E-state index contributed by atoms with van der Waals surface area (Å²) < 4.78 is 5.22. The Morgan fingerprint density at radius 1 is 1.14 bits per heavy atom. The maximum absolute atomic E-state index is 6.03. The van der Waals surface area contributed by atoms with Crippen molar-refractivity contribution in [3.05, 3.63) is 41.7 Å². The Morgan fingerprint density at radius 2 is 1.90 bits per heavy atom. The lowest BCUT2D eigenvalue weighted by atomic mass is 10.1. The zero-order valence-electron chi connectivity index (χ0n) is 12.6. The number of nitrogens with one attached hydrogen (secondary N) is 1. The van der Waals surface area contributed by atoms with Crippen LogP contribution in [-0.4, -0.2) is 23.6 Å². The first-order valence-corrected chi connectivity index (χ1v) is 7.22. The Bertz CT molecular complexity index is 572. The highest BCUT2D eigenvalue weighted by Crippen LogP contribution is 2.26. The van der Waals surface area contributed by atoms with Crippen molar-refractivity contribution in [1.29, 1.82) is 0 Å². The molecular weight excluding hydrogens is 264 g/mol. The number of benzene rings is 1. The van der Waals surface area contributed by atoms with Crippen molar-refractivity contribution in [2.45, 2.75) is 26.2 Å². The molecule has 2 aromatic rings. The molecule has 112 valence electrons. The molecule has 5 heteroatoms. The van der Waals surface area contributed by atoms with Gasteiger partial charge in [-0.25, -0.2) is 4.98 Å². The Hall–Kier alpha value is -2.30. The van der Waals surface area contributed by atoms with Crippen LogP contribution in [0, 0.1) is 0 Å². The van der Waals surface area contributed by atoms with Gasteiger partial charge in [0.25, 0.3) is 0 Å². The van der Waals surface area contributed by atoms with Gasteiger partial charge in [0.05, 0.1) is 7.11 Å². The summed E-state index contributed by atoms with van der Waals surface area (Å²) in [5, 5.41) is 3.28. The van der Waals surface area contributed by atoms with E-state index in [0.717, 1.165) is 31.6 Å². The molecule has 0 saturated heterocycles. The molecule has 1 aromatic heterocycles. The topological polar surface area (TPSA) is 73.1 Å². The molecule has 0 amide bonds. The number of nitrogens with zero attached hydrogens (tertiary/aromatic N) is 2. The van der Waals surface area contributed by atoms with Gasteiger partial charge in [-0.1, -0.05) is 37.3 Å². The lowest BCUT2D eigenvalue weighted by molar-refractivity contribution is 0.397. The zero-order chi connectivity index (χ0) is 15.1. The molecule has 0 atom stereocenters. The second-order valence-electron chi connectivity index (χ2n) is 4.82. The molecule has 3 N–H and O–H groups in total. The summed E-state index contributed by atoms with van der Waals surface area (Å²) >= 11 is 0. The van der Waals surface area contributed by atoms with Gasteiger partial charge in [0, 0.05) is 13.0 Å². The number of aryl methyl sites for hydroxylation is 1. The molecule has 2 rings (SSSR count). The van der Waals surface area contributed by atoms with Gasteiger partial charge in [0.2, 0.25) is 5.88 Å². The zero-order valence-corrected chi connectivity index (χ0v) is 12.6. The second-order valence-corrected chi connectivity index (χ2v) is 4.82. The lowest BCUT2D eigenvalue weighted by Crippen LogP contribution is -2.12. The van der Waals surface area contributed by atoms with E-state index in [2.05, 4.69) is 34.3 Å². The third-order valence-corrected chi connectivity index (χ3v) is 3.17. The number of nitrogen functional groups attached to an aromatic ring is 1. The van der Waals surface area contributed by atoms with Crippen LogP contribution in [0.25, 0.3) is 0 Å². The molecule has 0 aliphatic carbocycles. The van der Waals surface area contributed by atoms with E-state index in [-0.39, 0.29) is 0 Å². The summed E-state index contributed by atoms with van der Waals surface area (Å²) in [6.45, 7) is 2.86. The van der Waals surface area contributed by atoms with Crippen molar-refractivity contribution in [3.63, 3.8) is 0 Å². The number of nitrogens with two attached hydrogens (primary N) is 1. The van der Waals surface area contributed by atoms with E-state index in [0.29, 0.717) is 17.4 Å². The average molecular weight is 286 g/mol. The highest BCUT2D eigenvalue weighted by atomic mass is 16.5. The van der Waals surface area contributed by atoms with Crippen LogP contribution in [-0.2, 0) is 12.8 Å². The lowest BCUT2D eigenvalue weighted by Gasteiger charge is -2.12. The molecule has 0 saturated carbocycles. The van der Waals surface area contributed by atoms with Crippen LogP contribution < -0.4 is 15.8 Å². The number of aromatic nitrogens is 2. The molecular formula is C16H22N4O. The summed E-state index contributed by atoms with van der Waals surface area (Å²) in [6.07, 6.45) is 2.70. The number of anilines is 2. The van der Waals surface area contributed by atoms with Gasteiger partial charge in [0.1, 0.15) is 11.5 Å². The molecule has 0 radical (unpaired) electrons. The van der Waals surface area contributed by atoms with Gasteiger partial charge in [-0.15, -0.1) is 0 Å². The molecule has 0 bridgehead atoms. The van der Waals surface area contributed by atoms with Crippen LogP contribution in [0.15, 0.2) is 30.3 Å². The minimum atomic E-state index is 0.440. The summed E-state index contributed by atoms with van der Waals surface area (Å²) in [5.41, 5.74) is 7.77. The Kier molecular flexibility index (Phi) is 5.37. The van der Waals surface area contributed by atoms with Gasteiger partial charge in [0.15, 0.2) is 5.82 Å². The highest BCUT2D eigenvalue weighted by molar-refractivity contribution is 5.66. The number of rotatable bonds is 7. The molecule has 5 nitrogen and oxygen atoms in total. The standard InChI is InChI=1S/C16H22N4O/c1-3-7-13-19-15(14(17)16(20-13)21-2)18-11-10-12-8-5-4-6-9-12/h4-6,8-9H,3,7,10-11,17H2,1-2H3,(H,18,19,20). The van der Waals surface area contributed by atoms with Crippen molar-refractivity contribution in [2.75, 3.05) is 24.7 Å². The summed E-state index contributed by atoms with van der Waals surface area (Å²) in [6, 6.07) is 10.3. The fourth-order valence-corrected chi connectivity index (χ4v) is 2.09. The summed E-state index contributed by atoms with van der Waals surface area (Å²) in [4.78, 5) is 8.78. The normalized spacial score (nSPS) is 10.4. The first-order chi connectivity index (χ1) is 10.2. The molecule has 1 aromatic carbocycles. The number of hydrogen-bond acceptors (Lipinski definition) is 5. The Labute approximate surface area is 125 Å². The first kappa shape index (κ1) is 15.1. The first-order valence-electron chi connectivity index (χ1n) is 7.22. The molecule has 1 heterocycles. The third-order valence-electron chi connectivity index (χ3n) is 3.17. The van der Waals surface area contributed by atoms with Crippen molar-refractivity contribution in [3.8, 4) is 5.88 Å². The largest absolute Gasteiger partial charge is 0.479 e. The molecule has 0 aliphatic heterocycles. The van der Waals surface area contributed by atoms with Crippen LogP contribution in [0.1, 0.15) is 24.7 Å². The molecule has 0 unspecified atom stereocenters. The number of ether oxygens (including phenoxy) is 1. The van der Waals surface area contributed by atoms with E-state index in [1.807, 2.05) is 18.2 Å². The van der Waals surface area contributed by atoms with Gasteiger partial charge in [-0.2, -0.15) is 4.98 Å². The van der Waals surface area contributed by atoms with E-state index in [9.17, 15) is 0 Å². The van der Waals surface area contributed by atoms with E-state index < -0.39 is 0 Å². The fraction of sp³-hybridized carbons (Fsp3) is 0.375. The van der Waals surface area contributed by atoms with E-state index in [1.165, 1.54) is 5.56 Å². The van der Waals surface area contributed by atoms with Gasteiger partial charge in [-0.3, -0.25) is 0 Å². The van der Waals surface area contributed by atoms with Crippen molar-refractivity contribution in [1.82, 2.24) is 9.97 Å². The third kappa shape index (κ3) is 4.08. The van der Waals surface area contributed by atoms with Gasteiger partial charge in [-0.05, 0) is 18.4 Å². The predicted octanol–water partition coefficient (Wildman–Crippen LogP) is 2.67.